The zero-order valence-electron chi connectivity index (χ0n) is 13.7. The zero-order chi connectivity index (χ0) is 17.2. The minimum Gasteiger partial charge on any atom is -0.445 e. The number of aromatic nitrogens is 1. The normalized spacial score (nSPS) is 21.2. The molecule has 1 amide bonds. The number of ether oxygens (including phenoxy) is 1. The van der Waals surface area contributed by atoms with E-state index in [1.165, 1.54) is 0 Å². The predicted octanol–water partition coefficient (Wildman–Crippen LogP) is 2.41. The summed E-state index contributed by atoms with van der Waals surface area (Å²) < 4.78 is 5.42. The highest BCUT2D eigenvalue weighted by atomic mass is 16.6. The molecule has 2 saturated heterocycles. The fourth-order valence-corrected chi connectivity index (χ4v) is 3.55. The first-order valence-corrected chi connectivity index (χ1v) is 8.33. The third-order valence-corrected chi connectivity index (χ3v) is 4.88. The Balaban J connectivity index is 1.37. The summed E-state index contributed by atoms with van der Waals surface area (Å²) in [5.74, 6) is 1.13. The molecular weight excluding hydrogens is 316 g/mol. The van der Waals surface area contributed by atoms with Gasteiger partial charge in [-0.2, -0.15) is 5.26 Å². The monoisotopic (exact) mass is 334 g/mol. The summed E-state index contributed by atoms with van der Waals surface area (Å²) in [7, 11) is 0. The van der Waals surface area contributed by atoms with Gasteiger partial charge < -0.3 is 14.5 Å². The van der Waals surface area contributed by atoms with Gasteiger partial charge in [0.15, 0.2) is 0 Å². The molecule has 4 rings (SSSR count). The quantitative estimate of drug-likeness (QED) is 0.862. The number of likely N-dealkylation sites (tertiary alicyclic amines) is 1. The van der Waals surface area contributed by atoms with Crippen molar-refractivity contribution in [1.29, 1.82) is 5.26 Å². The summed E-state index contributed by atoms with van der Waals surface area (Å²) in [6.07, 6.45) is 1.42. The van der Waals surface area contributed by atoms with Gasteiger partial charge in [-0.1, -0.05) is 30.3 Å². The number of anilines is 1. The summed E-state index contributed by atoms with van der Waals surface area (Å²) in [5.41, 5.74) is 1.55. The summed E-state index contributed by atoms with van der Waals surface area (Å²) in [5, 5.41) is 9.24. The first kappa shape index (κ1) is 15.5. The molecule has 2 atom stereocenters. The SMILES string of the molecule is N#Cc1cccnc1N1C[C@@H]2CN(C(=O)OCc3ccccc3)C[C@@H]21. The maximum Gasteiger partial charge on any atom is 0.410 e. The molecule has 0 bridgehead atoms. The predicted molar refractivity (Wildman–Crippen MR) is 91.8 cm³/mol. The number of nitrogens with zero attached hydrogens (tertiary/aromatic N) is 4. The molecule has 0 N–H and O–H groups in total. The first-order valence-electron chi connectivity index (χ1n) is 8.33. The van der Waals surface area contributed by atoms with Gasteiger partial charge in [-0.25, -0.2) is 9.78 Å². The molecule has 2 aliphatic rings. The average molecular weight is 334 g/mol. The minimum absolute atomic E-state index is 0.214. The van der Waals surface area contributed by atoms with Crippen LogP contribution in [0.25, 0.3) is 0 Å². The number of benzene rings is 1. The highest BCUT2D eigenvalue weighted by molar-refractivity contribution is 5.69. The molecule has 25 heavy (non-hydrogen) atoms. The Labute approximate surface area is 146 Å². The molecule has 2 aromatic rings. The van der Waals surface area contributed by atoms with Gasteiger partial charge >= 0.3 is 6.09 Å². The Morgan fingerprint density at radius 2 is 2.04 bits per heavy atom. The maximum atomic E-state index is 12.3. The lowest BCUT2D eigenvalue weighted by Crippen LogP contribution is -2.56. The number of amides is 1. The minimum atomic E-state index is -0.278. The molecule has 2 aliphatic heterocycles. The van der Waals surface area contributed by atoms with Crippen molar-refractivity contribution < 1.29 is 9.53 Å². The average Bonchev–Trinajstić information content (AvgIpc) is 2.98. The molecule has 3 heterocycles. The van der Waals surface area contributed by atoms with Crippen LogP contribution < -0.4 is 4.90 Å². The highest BCUT2D eigenvalue weighted by Crippen LogP contribution is 2.36. The molecule has 0 saturated carbocycles. The Kier molecular flexibility index (Phi) is 3.98. The number of nitriles is 1. The smallest absolute Gasteiger partial charge is 0.410 e. The van der Waals surface area contributed by atoms with Crippen LogP contribution in [0.15, 0.2) is 48.7 Å². The number of rotatable bonds is 3. The highest BCUT2D eigenvalue weighted by Gasteiger charge is 2.48. The van der Waals surface area contributed by atoms with Gasteiger partial charge in [0.2, 0.25) is 0 Å². The molecule has 2 fully saturated rings. The van der Waals surface area contributed by atoms with Crippen LogP contribution in [0.5, 0.6) is 0 Å². The molecule has 126 valence electrons. The fraction of sp³-hybridized carbons (Fsp3) is 0.316. The fourth-order valence-electron chi connectivity index (χ4n) is 3.55. The van der Waals surface area contributed by atoms with Crippen molar-refractivity contribution in [1.82, 2.24) is 9.88 Å². The van der Waals surface area contributed by atoms with Crippen LogP contribution in [-0.2, 0) is 11.3 Å². The summed E-state index contributed by atoms with van der Waals surface area (Å²) in [4.78, 5) is 20.5. The van der Waals surface area contributed by atoms with Crippen molar-refractivity contribution in [2.45, 2.75) is 12.6 Å². The van der Waals surface area contributed by atoms with E-state index in [9.17, 15) is 10.1 Å². The largest absolute Gasteiger partial charge is 0.445 e. The van der Waals surface area contributed by atoms with Crippen LogP contribution in [0.4, 0.5) is 10.6 Å². The Morgan fingerprint density at radius 3 is 2.84 bits per heavy atom. The molecule has 0 radical (unpaired) electrons. The van der Waals surface area contributed by atoms with Crippen molar-refractivity contribution in [2.24, 2.45) is 5.92 Å². The standard InChI is InChI=1S/C19H18N4O2/c20-9-15-7-4-8-21-18(15)23-11-16-10-22(12-17(16)23)19(24)25-13-14-5-2-1-3-6-14/h1-8,16-17H,10-13H2/t16-,17-/m0/s1. The number of carbonyl (C=O) groups excluding carboxylic acids is 1. The molecule has 6 heteroatoms. The number of hydrogen-bond acceptors (Lipinski definition) is 5. The van der Waals surface area contributed by atoms with Crippen molar-refractivity contribution in [3.63, 3.8) is 0 Å². The van der Waals surface area contributed by atoms with E-state index in [2.05, 4.69) is 16.0 Å². The number of hydrogen-bond donors (Lipinski definition) is 0. The lowest BCUT2D eigenvalue weighted by atomic mass is 9.91. The van der Waals surface area contributed by atoms with Gasteiger partial charge in [0.25, 0.3) is 0 Å². The molecule has 0 spiro atoms. The van der Waals surface area contributed by atoms with Gasteiger partial charge in [0, 0.05) is 31.7 Å². The Bertz CT molecular complexity index is 818. The second kappa shape index (κ2) is 6.44. The van der Waals surface area contributed by atoms with E-state index in [4.69, 9.17) is 4.74 Å². The van der Waals surface area contributed by atoms with Crippen molar-refractivity contribution in [2.75, 3.05) is 24.5 Å². The van der Waals surface area contributed by atoms with E-state index in [-0.39, 0.29) is 18.7 Å². The van der Waals surface area contributed by atoms with Crippen LogP contribution >= 0.6 is 0 Å². The van der Waals surface area contributed by atoms with E-state index in [0.29, 0.717) is 30.4 Å². The van der Waals surface area contributed by atoms with Crippen LogP contribution in [0.3, 0.4) is 0 Å². The van der Waals surface area contributed by atoms with Crippen LogP contribution in [0.1, 0.15) is 11.1 Å². The van der Waals surface area contributed by atoms with E-state index in [0.717, 1.165) is 12.1 Å². The van der Waals surface area contributed by atoms with Crippen LogP contribution in [0, 0.1) is 17.2 Å². The van der Waals surface area contributed by atoms with Gasteiger partial charge in [-0.05, 0) is 17.7 Å². The molecule has 0 aliphatic carbocycles. The van der Waals surface area contributed by atoms with E-state index < -0.39 is 0 Å². The maximum absolute atomic E-state index is 12.3. The number of pyridine rings is 1. The molecule has 1 aromatic heterocycles. The summed E-state index contributed by atoms with van der Waals surface area (Å²) >= 11 is 0. The van der Waals surface area contributed by atoms with E-state index in [1.807, 2.05) is 30.3 Å². The van der Waals surface area contributed by atoms with Crippen LogP contribution in [0.2, 0.25) is 0 Å². The topological polar surface area (TPSA) is 69.5 Å². The lowest BCUT2D eigenvalue weighted by molar-refractivity contribution is 0.103. The first-order chi connectivity index (χ1) is 12.3. The van der Waals surface area contributed by atoms with Gasteiger partial charge in [0.1, 0.15) is 18.5 Å². The number of fused-ring (bicyclic) bond motifs is 1. The van der Waals surface area contributed by atoms with Crippen molar-refractivity contribution in [3.05, 3.63) is 59.8 Å². The van der Waals surface area contributed by atoms with Crippen molar-refractivity contribution >= 4 is 11.9 Å². The lowest BCUT2D eigenvalue weighted by Gasteiger charge is -2.44. The van der Waals surface area contributed by atoms with E-state index >= 15 is 0 Å². The van der Waals surface area contributed by atoms with Gasteiger partial charge in [0.05, 0.1) is 11.6 Å². The Hall–Kier alpha value is -3.07. The zero-order valence-corrected chi connectivity index (χ0v) is 13.7. The Morgan fingerprint density at radius 1 is 1.20 bits per heavy atom. The second-order valence-corrected chi connectivity index (χ2v) is 6.41. The third-order valence-electron chi connectivity index (χ3n) is 4.88. The van der Waals surface area contributed by atoms with E-state index in [1.54, 1.807) is 23.2 Å². The molecule has 0 unspecified atom stereocenters. The molecule has 6 nitrogen and oxygen atoms in total. The third kappa shape index (κ3) is 2.89. The number of carbonyl (C=O) groups is 1. The molecule has 1 aromatic carbocycles. The molecular formula is C19H18N4O2. The van der Waals surface area contributed by atoms with Crippen molar-refractivity contribution in [3.8, 4) is 6.07 Å². The van der Waals surface area contributed by atoms with Gasteiger partial charge in [-0.3, -0.25) is 0 Å². The second-order valence-electron chi connectivity index (χ2n) is 6.41. The van der Waals surface area contributed by atoms with Gasteiger partial charge in [-0.15, -0.1) is 0 Å². The summed E-state index contributed by atoms with van der Waals surface area (Å²) in [6.45, 7) is 2.41. The summed E-state index contributed by atoms with van der Waals surface area (Å²) in [6, 6.07) is 15.6. The van der Waals surface area contributed by atoms with Crippen LogP contribution in [-0.4, -0.2) is 41.7 Å².